The Labute approximate surface area is 260 Å². The molecule has 0 N–H and O–H groups in total. The molecule has 6 nitrogen and oxygen atoms in total. The molecule has 0 aliphatic carbocycles. The van der Waals surface area contributed by atoms with Crippen LogP contribution in [-0.2, 0) is 31.2 Å². The predicted molar refractivity (Wildman–Crippen MR) is 179 cm³/mol. The molecule has 0 unspecified atom stereocenters. The summed E-state index contributed by atoms with van der Waals surface area (Å²) in [6.45, 7) is 26.1. The number of hydrogen-bond acceptors (Lipinski definition) is 4. The molecule has 230 valence electrons. The van der Waals surface area contributed by atoms with Gasteiger partial charge in [0.1, 0.15) is 0 Å². The number of carbonyl (C=O) groups excluding carboxylic acids is 2. The van der Waals surface area contributed by atoms with Crippen LogP contribution in [0.2, 0.25) is 23.0 Å². The number of carbonyl (C=O) groups is 2. The molecule has 0 fully saturated rings. The van der Waals surface area contributed by atoms with E-state index < -0.39 is 39.5 Å². The van der Waals surface area contributed by atoms with Gasteiger partial charge in [-0.3, -0.25) is 0 Å². The van der Waals surface area contributed by atoms with Crippen LogP contribution >= 0.6 is 0 Å². The minimum absolute atomic E-state index is 0.140. The SMILES string of the molecule is CC(C)(C)c1cc2c(c(C(C)(C)C)c1)[O][Ge]([CH3])([CH3])[N]2C(=O)C(=O)[N]1c2cc(C(C)(C)C)cc(C(C)(C)C)c2[O][Ge]1([CH3])[CH3]. The van der Waals surface area contributed by atoms with Crippen molar-refractivity contribution in [3.63, 3.8) is 0 Å². The van der Waals surface area contributed by atoms with E-state index in [1.54, 1.807) is 7.71 Å². The summed E-state index contributed by atoms with van der Waals surface area (Å²) < 4.78 is 17.0. The van der Waals surface area contributed by atoms with Crippen LogP contribution in [0.5, 0.6) is 11.5 Å². The third-order valence-electron chi connectivity index (χ3n) is 8.34. The minimum atomic E-state index is -3.48. The molecule has 2 amide bonds. The molecule has 2 aromatic carbocycles. The summed E-state index contributed by atoms with van der Waals surface area (Å²) in [4.78, 5) is 29.1. The van der Waals surface area contributed by atoms with Crippen molar-refractivity contribution in [3.8, 4) is 11.5 Å². The summed E-state index contributed by atoms with van der Waals surface area (Å²) in [6.07, 6.45) is 0. The van der Waals surface area contributed by atoms with Crippen LogP contribution < -0.4 is 15.2 Å². The number of hydrogen-bond donors (Lipinski definition) is 0. The van der Waals surface area contributed by atoms with Crippen LogP contribution in [-0.4, -0.2) is 39.5 Å². The van der Waals surface area contributed by atoms with Gasteiger partial charge in [-0.05, 0) is 0 Å². The molecule has 0 bridgehead atoms. The van der Waals surface area contributed by atoms with Crippen molar-refractivity contribution in [1.82, 2.24) is 0 Å². The zero-order valence-electron chi connectivity index (χ0n) is 28.8. The van der Waals surface area contributed by atoms with Gasteiger partial charge in [0.05, 0.1) is 0 Å². The monoisotopic (exact) mass is 700 g/mol. The van der Waals surface area contributed by atoms with Crippen molar-refractivity contribution in [1.29, 1.82) is 0 Å². The Hall–Kier alpha value is -1.93. The van der Waals surface area contributed by atoms with Gasteiger partial charge >= 0.3 is 261 Å². The average Bonchev–Trinajstić information content (AvgIpc) is 3.20. The molecule has 0 aromatic heterocycles. The van der Waals surface area contributed by atoms with Crippen LogP contribution in [0, 0.1) is 0 Å². The van der Waals surface area contributed by atoms with E-state index >= 15 is 0 Å². The number of rotatable bonds is 0. The van der Waals surface area contributed by atoms with E-state index in [1.807, 2.05) is 23.0 Å². The Morgan fingerprint density at radius 2 is 0.810 bits per heavy atom. The van der Waals surface area contributed by atoms with Gasteiger partial charge in [0.15, 0.2) is 0 Å². The van der Waals surface area contributed by atoms with Gasteiger partial charge < -0.3 is 0 Å². The Balaban J connectivity index is 1.92. The van der Waals surface area contributed by atoms with Gasteiger partial charge in [-0.2, -0.15) is 0 Å². The number of amides is 2. The molecular formula is C34H52Ge2N2O4. The molecule has 8 heteroatoms. The quantitative estimate of drug-likeness (QED) is 0.205. The zero-order chi connectivity index (χ0) is 32.2. The van der Waals surface area contributed by atoms with Gasteiger partial charge in [0.25, 0.3) is 0 Å². The van der Waals surface area contributed by atoms with E-state index in [9.17, 15) is 9.59 Å². The standard InChI is InChI=1S/C34H52Ge2N2O4/c1-31(2,3)21-17-23(33(7,8)9)27-25(19-21)37(35(13,14)41-27)29(39)30(40)38-26-20-22(32(4,5)6)18-24(34(10,11)12)28(26)42-36(38,15)16/h17-20H,1-16H3. The van der Waals surface area contributed by atoms with Crippen molar-refractivity contribution in [2.45, 2.75) is 128 Å². The summed E-state index contributed by atoms with van der Waals surface area (Å²) in [5.74, 6) is 8.67. The first-order valence-corrected chi connectivity index (χ1v) is 27.1. The van der Waals surface area contributed by atoms with Crippen molar-refractivity contribution in [3.05, 3.63) is 46.5 Å². The van der Waals surface area contributed by atoms with Crippen LogP contribution in [0.25, 0.3) is 0 Å². The van der Waals surface area contributed by atoms with Crippen molar-refractivity contribution in [2.75, 3.05) is 7.71 Å². The summed E-state index contributed by atoms with van der Waals surface area (Å²) >= 11 is -6.95. The number of fused-ring (bicyclic) bond motifs is 2. The summed E-state index contributed by atoms with van der Waals surface area (Å²) in [6, 6.07) is 8.59. The third-order valence-corrected chi connectivity index (χ3v) is 17.7. The van der Waals surface area contributed by atoms with Gasteiger partial charge in [-0.25, -0.2) is 0 Å². The molecule has 2 aromatic rings. The Morgan fingerprint density at radius 3 is 1.05 bits per heavy atom. The molecule has 0 radical (unpaired) electrons. The number of anilines is 2. The number of benzene rings is 2. The number of nitrogens with zero attached hydrogens (tertiary/aromatic N) is 2. The fourth-order valence-corrected chi connectivity index (χ4v) is 14.8. The fraction of sp³-hybridized carbons (Fsp3) is 0.588. The maximum absolute atomic E-state index is 14.6. The molecule has 0 saturated carbocycles. The van der Waals surface area contributed by atoms with Crippen molar-refractivity contribution in [2.24, 2.45) is 0 Å². The first-order valence-electron chi connectivity index (χ1n) is 15.1. The average molecular weight is 698 g/mol. The van der Waals surface area contributed by atoms with Gasteiger partial charge in [-0.1, -0.05) is 0 Å². The molecule has 2 aliphatic heterocycles. The Kier molecular flexibility index (Phi) is 7.68. The molecule has 2 aliphatic rings. The van der Waals surface area contributed by atoms with Crippen LogP contribution in [0.15, 0.2) is 24.3 Å². The molecule has 42 heavy (non-hydrogen) atoms. The summed E-state index contributed by atoms with van der Waals surface area (Å²) in [5.41, 5.74) is 5.19. The Morgan fingerprint density at radius 1 is 0.524 bits per heavy atom. The first-order chi connectivity index (χ1) is 18.7. The molecule has 0 atom stereocenters. The van der Waals surface area contributed by atoms with Crippen LogP contribution in [0.1, 0.15) is 105 Å². The molecular weight excluding hydrogens is 646 g/mol. The second kappa shape index (κ2) is 9.78. The fourth-order valence-electron chi connectivity index (χ4n) is 5.82. The summed E-state index contributed by atoms with van der Waals surface area (Å²) in [7, 11) is 0. The van der Waals surface area contributed by atoms with Gasteiger partial charge in [-0.15, -0.1) is 0 Å². The van der Waals surface area contributed by atoms with Crippen molar-refractivity contribution >= 4 is 50.8 Å². The topological polar surface area (TPSA) is 59.1 Å². The Bertz CT molecular complexity index is 1350. The van der Waals surface area contributed by atoms with E-state index in [0.717, 1.165) is 45.1 Å². The maximum atomic E-state index is 14.6. The predicted octanol–water partition coefficient (Wildman–Crippen LogP) is 8.43. The normalized spacial score (nSPS) is 17.9. The summed E-state index contributed by atoms with van der Waals surface area (Å²) in [5, 5.41) is 0. The second-order valence-corrected chi connectivity index (χ2v) is 32.0. The molecule has 0 spiro atoms. The van der Waals surface area contributed by atoms with E-state index in [4.69, 9.17) is 7.53 Å². The molecule has 4 rings (SSSR count). The van der Waals surface area contributed by atoms with Gasteiger partial charge in [0, 0.05) is 0 Å². The van der Waals surface area contributed by atoms with E-state index in [1.165, 1.54) is 0 Å². The van der Waals surface area contributed by atoms with Crippen LogP contribution in [0.3, 0.4) is 0 Å². The van der Waals surface area contributed by atoms with Crippen molar-refractivity contribution < 1.29 is 17.1 Å². The van der Waals surface area contributed by atoms with E-state index in [2.05, 4.69) is 107 Å². The molecule has 2 heterocycles. The third kappa shape index (κ3) is 5.67. The van der Waals surface area contributed by atoms with E-state index in [-0.39, 0.29) is 21.7 Å². The van der Waals surface area contributed by atoms with E-state index in [0.29, 0.717) is 0 Å². The van der Waals surface area contributed by atoms with Gasteiger partial charge in [0.2, 0.25) is 0 Å². The van der Waals surface area contributed by atoms with Crippen LogP contribution in [0.4, 0.5) is 11.4 Å². The molecule has 0 saturated heterocycles. The second-order valence-electron chi connectivity index (χ2n) is 17.1. The zero-order valence-corrected chi connectivity index (χ0v) is 33.0. The first kappa shape index (κ1) is 33.0.